The molecule has 4 heteroatoms. The number of hydrogen-bond acceptors (Lipinski definition) is 4. The number of aromatic hydroxyl groups is 1. The Hall–Kier alpha value is -2.49. The van der Waals surface area contributed by atoms with Gasteiger partial charge < -0.3 is 14.6 Å². The van der Waals surface area contributed by atoms with Crippen molar-refractivity contribution < 1.29 is 19.4 Å². The van der Waals surface area contributed by atoms with Crippen molar-refractivity contribution in [1.82, 2.24) is 0 Å². The molecule has 0 aromatic heterocycles. The Morgan fingerprint density at radius 2 is 1.59 bits per heavy atom. The second-order valence-electron chi connectivity index (χ2n) is 4.39. The van der Waals surface area contributed by atoms with Gasteiger partial charge in [0.1, 0.15) is 0 Å². The number of carbonyl (C=O) groups excluding carboxylic acids is 1. The van der Waals surface area contributed by atoms with Gasteiger partial charge in [-0.1, -0.05) is 36.4 Å². The van der Waals surface area contributed by atoms with Gasteiger partial charge in [0, 0.05) is 5.56 Å². The predicted molar refractivity (Wildman–Crippen MR) is 86.9 cm³/mol. The normalized spacial score (nSPS) is 9.41. The quantitative estimate of drug-likeness (QED) is 0.846. The molecule has 2 aromatic carbocycles. The Bertz CT molecular complexity index is 579. The van der Waals surface area contributed by atoms with Crippen molar-refractivity contribution in [2.75, 3.05) is 13.2 Å². The third-order valence-electron chi connectivity index (χ3n) is 2.73. The number of benzene rings is 2. The summed E-state index contributed by atoms with van der Waals surface area (Å²) in [4.78, 5) is 10.6. The maximum Gasteiger partial charge on any atom is 0.203 e. The molecule has 22 heavy (non-hydrogen) atoms. The maximum absolute atomic E-state index is 10.6. The highest BCUT2D eigenvalue weighted by Crippen LogP contribution is 2.35. The average molecular weight is 302 g/mol. The number of rotatable bonds is 5. The third-order valence-corrected chi connectivity index (χ3v) is 2.73. The first-order chi connectivity index (χ1) is 10.6. The largest absolute Gasteiger partial charge is 0.504 e. The van der Waals surface area contributed by atoms with Crippen LogP contribution in [0.3, 0.4) is 0 Å². The average Bonchev–Trinajstić information content (AvgIpc) is 2.52. The van der Waals surface area contributed by atoms with Crippen LogP contribution in [-0.2, 0) is 0 Å². The molecule has 0 fully saturated rings. The number of Topliss-reactive ketones (excluding diaryl/α,β-unsaturated/α-hetero) is 1. The van der Waals surface area contributed by atoms with E-state index in [0.717, 1.165) is 5.56 Å². The van der Waals surface area contributed by atoms with Crippen molar-refractivity contribution in [3.05, 3.63) is 54.1 Å². The van der Waals surface area contributed by atoms with Crippen molar-refractivity contribution in [3.63, 3.8) is 0 Å². The summed E-state index contributed by atoms with van der Waals surface area (Å²) >= 11 is 0. The molecule has 0 bridgehead atoms. The second-order valence-corrected chi connectivity index (χ2v) is 4.39. The van der Waals surface area contributed by atoms with Crippen molar-refractivity contribution in [1.29, 1.82) is 0 Å². The van der Waals surface area contributed by atoms with Gasteiger partial charge in [0.2, 0.25) is 5.75 Å². The Morgan fingerprint density at radius 1 is 0.955 bits per heavy atom. The molecule has 0 aliphatic heterocycles. The van der Waals surface area contributed by atoms with Gasteiger partial charge in [-0.15, -0.1) is 0 Å². The number of para-hydroxylation sites is 1. The van der Waals surface area contributed by atoms with E-state index in [4.69, 9.17) is 9.47 Å². The summed E-state index contributed by atoms with van der Waals surface area (Å²) in [5.41, 5.74) is 0.775. The number of ketones is 1. The van der Waals surface area contributed by atoms with Crippen molar-refractivity contribution in [2.45, 2.75) is 20.8 Å². The number of hydrogen-bond donors (Lipinski definition) is 1. The lowest BCUT2D eigenvalue weighted by Gasteiger charge is -2.11. The van der Waals surface area contributed by atoms with Crippen LogP contribution in [0.4, 0.5) is 0 Å². The van der Waals surface area contributed by atoms with Crippen LogP contribution in [-0.4, -0.2) is 24.1 Å². The lowest BCUT2D eigenvalue weighted by molar-refractivity contribution is 0.101. The molecule has 1 N–H and O–H groups in total. The maximum atomic E-state index is 10.6. The fraction of sp³-hybridized carbons (Fsp3) is 0.278. The lowest BCUT2D eigenvalue weighted by Crippen LogP contribution is -1.98. The molecule has 4 nitrogen and oxygen atoms in total. The summed E-state index contributed by atoms with van der Waals surface area (Å²) in [6, 6.07) is 14.3. The van der Waals surface area contributed by atoms with E-state index in [2.05, 4.69) is 0 Å². The first kappa shape index (κ1) is 17.6. The predicted octanol–water partition coefficient (Wildman–Crippen LogP) is 4.08. The highest BCUT2D eigenvalue weighted by Gasteiger charge is 2.08. The molecule has 0 saturated carbocycles. The third kappa shape index (κ3) is 5.48. The zero-order chi connectivity index (χ0) is 16.4. The van der Waals surface area contributed by atoms with Crippen molar-refractivity contribution in [3.8, 4) is 17.2 Å². The molecule has 0 radical (unpaired) electrons. The Kier molecular flexibility index (Phi) is 7.54. The number of phenols is 1. The monoisotopic (exact) mass is 302 g/mol. The minimum Gasteiger partial charge on any atom is -0.504 e. The second kappa shape index (κ2) is 9.45. The van der Waals surface area contributed by atoms with Gasteiger partial charge in [-0.25, -0.2) is 0 Å². The highest BCUT2D eigenvalue weighted by atomic mass is 16.5. The van der Waals surface area contributed by atoms with E-state index >= 15 is 0 Å². The fourth-order valence-corrected chi connectivity index (χ4v) is 1.74. The van der Waals surface area contributed by atoms with Crippen LogP contribution in [0.5, 0.6) is 17.2 Å². The van der Waals surface area contributed by atoms with Crippen LogP contribution in [0.25, 0.3) is 0 Å². The van der Waals surface area contributed by atoms with Gasteiger partial charge in [-0.2, -0.15) is 0 Å². The zero-order valence-electron chi connectivity index (χ0n) is 13.2. The van der Waals surface area contributed by atoms with Gasteiger partial charge >= 0.3 is 0 Å². The number of carbonyl (C=O) groups is 1. The van der Waals surface area contributed by atoms with Crippen LogP contribution < -0.4 is 9.47 Å². The molecule has 0 amide bonds. The van der Waals surface area contributed by atoms with Crippen molar-refractivity contribution in [2.24, 2.45) is 0 Å². The Labute approximate surface area is 131 Å². The molecule has 2 aromatic rings. The van der Waals surface area contributed by atoms with E-state index in [1.165, 1.54) is 0 Å². The first-order valence-electron chi connectivity index (χ1n) is 7.23. The summed E-state index contributed by atoms with van der Waals surface area (Å²) in [6.07, 6.45) is 0. The molecular weight excluding hydrogens is 280 g/mol. The molecule has 0 aliphatic rings. The zero-order valence-corrected chi connectivity index (χ0v) is 13.2. The number of phenolic OH excluding ortho intramolecular Hbond substituents is 1. The smallest absolute Gasteiger partial charge is 0.203 e. The van der Waals surface area contributed by atoms with Gasteiger partial charge in [-0.05, 0) is 32.9 Å². The van der Waals surface area contributed by atoms with Crippen LogP contribution in [0.1, 0.15) is 31.1 Å². The van der Waals surface area contributed by atoms with Gasteiger partial charge in [0.25, 0.3) is 0 Å². The lowest BCUT2D eigenvalue weighted by atomic mass is 10.2. The summed E-state index contributed by atoms with van der Waals surface area (Å²) < 4.78 is 10.5. The molecule has 0 unspecified atom stereocenters. The SMILES string of the molecule is CC(=O)c1ccccc1.CCOc1cccc(O)c1OCC. The van der Waals surface area contributed by atoms with Gasteiger partial charge in [-0.3, -0.25) is 4.79 Å². The highest BCUT2D eigenvalue weighted by molar-refractivity contribution is 5.93. The summed E-state index contributed by atoms with van der Waals surface area (Å²) in [5.74, 6) is 1.25. The fourth-order valence-electron chi connectivity index (χ4n) is 1.74. The minimum atomic E-state index is 0.118. The summed E-state index contributed by atoms with van der Waals surface area (Å²) in [5, 5.41) is 9.44. The van der Waals surface area contributed by atoms with E-state index in [1.54, 1.807) is 25.1 Å². The van der Waals surface area contributed by atoms with E-state index < -0.39 is 0 Å². The Balaban J connectivity index is 0.000000235. The first-order valence-corrected chi connectivity index (χ1v) is 7.23. The molecule has 118 valence electrons. The molecular formula is C18H22O4. The van der Waals surface area contributed by atoms with Gasteiger partial charge in [0.15, 0.2) is 17.3 Å². The van der Waals surface area contributed by atoms with Crippen LogP contribution in [0.2, 0.25) is 0 Å². The van der Waals surface area contributed by atoms with Crippen LogP contribution in [0.15, 0.2) is 48.5 Å². The van der Waals surface area contributed by atoms with E-state index in [-0.39, 0.29) is 11.5 Å². The molecule has 2 rings (SSSR count). The van der Waals surface area contributed by atoms with Gasteiger partial charge in [0.05, 0.1) is 13.2 Å². The summed E-state index contributed by atoms with van der Waals surface area (Å²) in [7, 11) is 0. The molecule has 0 saturated heterocycles. The Morgan fingerprint density at radius 3 is 2.09 bits per heavy atom. The van der Waals surface area contributed by atoms with E-state index in [1.807, 2.05) is 44.2 Å². The molecule has 0 aliphatic carbocycles. The molecule has 0 atom stereocenters. The van der Waals surface area contributed by atoms with Crippen molar-refractivity contribution >= 4 is 5.78 Å². The van der Waals surface area contributed by atoms with E-state index in [0.29, 0.717) is 24.7 Å². The number of ether oxygens (including phenoxy) is 2. The molecule has 0 heterocycles. The topological polar surface area (TPSA) is 55.8 Å². The minimum absolute atomic E-state index is 0.118. The standard InChI is InChI=1S/C10H14O3.C8H8O/c1-3-12-9-7-5-6-8(11)10(9)13-4-2;1-7(9)8-5-3-2-4-6-8/h5-7,11H,3-4H2,1-2H3;2-6H,1H3. The van der Waals surface area contributed by atoms with E-state index in [9.17, 15) is 9.90 Å². The van der Waals surface area contributed by atoms with Crippen LogP contribution >= 0.6 is 0 Å². The summed E-state index contributed by atoms with van der Waals surface area (Å²) in [6.45, 7) is 6.39. The van der Waals surface area contributed by atoms with Crippen LogP contribution in [0, 0.1) is 0 Å². The molecule has 0 spiro atoms.